The molecule has 0 radical (unpaired) electrons. The Morgan fingerprint density at radius 1 is 1.17 bits per heavy atom. The topological polar surface area (TPSA) is 66.6 Å². The molecule has 7 nitrogen and oxygen atoms in total. The molecule has 4 rings (SSSR count). The highest BCUT2D eigenvalue weighted by Crippen LogP contribution is 2.32. The van der Waals surface area contributed by atoms with E-state index in [4.69, 9.17) is 11.6 Å². The van der Waals surface area contributed by atoms with Gasteiger partial charge in [-0.3, -0.25) is 4.79 Å². The van der Waals surface area contributed by atoms with Crippen LogP contribution in [0.5, 0.6) is 0 Å². The maximum Gasteiger partial charge on any atom is 0.416 e. The van der Waals surface area contributed by atoms with E-state index in [1.54, 1.807) is 24.0 Å². The molecule has 1 atom stereocenters. The van der Waals surface area contributed by atoms with E-state index in [0.717, 1.165) is 12.1 Å². The van der Waals surface area contributed by atoms with Gasteiger partial charge in [-0.15, -0.1) is 16.7 Å². The maximum atomic E-state index is 13.1. The Bertz CT molecular complexity index is 1080. The van der Waals surface area contributed by atoms with Gasteiger partial charge in [0.1, 0.15) is 5.38 Å². The fraction of sp³-hybridized carbons (Fsp3) is 0.368. The lowest BCUT2D eigenvalue weighted by molar-refractivity contribution is -0.137. The number of nitrogens with zero attached hydrogens (tertiary/aromatic N) is 6. The first-order valence-electron chi connectivity index (χ1n) is 9.31. The molecule has 0 aliphatic carbocycles. The zero-order valence-corrected chi connectivity index (χ0v) is 16.7. The van der Waals surface area contributed by atoms with Crippen molar-refractivity contribution in [3.8, 4) is 11.3 Å². The number of hydrogen-bond donors (Lipinski definition) is 0. The Hall–Kier alpha value is -2.88. The average molecular weight is 439 g/mol. The smallest absolute Gasteiger partial charge is 0.338 e. The molecule has 3 aromatic rings. The van der Waals surface area contributed by atoms with Gasteiger partial charge in [0.2, 0.25) is 11.9 Å². The normalized spacial score (nSPS) is 16.2. The second kappa shape index (κ2) is 7.75. The monoisotopic (exact) mass is 438 g/mol. The lowest BCUT2D eigenvalue weighted by Gasteiger charge is -2.34. The van der Waals surface area contributed by atoms with Crippen LogP contribution >= 0.6 is 11.6 Å². The number of fused-ring (bicyclic) bond motifs is 1. The summed E-state index contributed by atoms with van der Waals surface area (Å²) < 4.78 is 40.7. The van der Waals surface area contributed by atoms with Gasteiger partial charge in [-0.05, 0) is 25.1 Å². The minimum atomic E-state index is -4.44. The lowest BCUT2D eigenvalue weighted by atomic mass is 10.1. The lowest BCUT2D eigenvalue weighted by Crippen LogP contribution is -2.50. The molecule has 1 unspecified atom stereocenters. The van der Waals surface area contributed by atoms with E-state index in [0.29, 0.717) is 43.4 Å². The first-order chi connectivity index (χ1) is 14.2. The number of piperazine rings is 1. The third-order valence-electron chi connectivity index (χ3n) is 4.93. The van der Waals surface area contributed by atoms with Gasteiger partial charge in [-0.2, -0.15) is 22.7 Å². The largest absolute Gasteiger partial charge is 0.416 e. The SMILES string of the molecule is CC(Cl)C(=O)N1CCN(c2nc3nccc(-c4cccc(C(F)(F)F)c4)n3n2)CC1. The van der Waals surface area contributed by atoms with Crippen LogP contribution in [-0.4, -0.2) is 61.9 Å². The van der Waals surface area contributed by atoms with Gasteiger partial charge < -0.3 is 9.80 Å². The Balaban J connectivity index is 1.62. The van der Waals surface area contributed by atoms with Crippen molar-refractivity contribution in [3.05, 3.63) is 42.1 Å². The Labute approximate surface area is 175 Å². The Morgan fingerprint density at radius 3 is 2.57 bits per heavy atom. The Kier molecular flexibility index (Phi) is 5.27. The summed E-state index contributed by atoms with van der Waals surface area (Å²) in [6, 6.07) is 6.64. The molecule has 1 aliphatic heterocycles. The Morgan fingerprint density at radius 2 is 1.90 bits per heavy atom. The molecule has 30 heavy (non-hydrogen) atoms. The van der Waals surface area contributed by atoms with Crippen molar-refractivity contribution in [2.24, 2.45) is 0 Å². The summed E-state index contributed by atoms with van der Waals surface area (Å²) in [4.78, 5) is 24.2. The predicted molar refractivity (Wildman–Crippen MR) is 105 cm³/mol. The molecular formula is C19H18ClF3N6O. The van der Waals surface area contributed by atoms with Crippen molar-refractivity contribution in [3.63, 3.8) is 0 Å². The van der Waals surface area contributed by atoms with E-state index < -0.39 is 17.1 Å². The molecule has 1 aromatic carbocycles. The van der Waals surface area contributed by atoms with Crippen LogP contribution in [0, 0.1) is 0 Å². The van der Waals surface area contributed by atoms with Crippen molar-refractivity contribution >= 4 is 29.2 Å². The van der Waals surface area contributed by atoms with Crippen LogP contribution in [0.25, 0.3) is 17.0 Å². The zero-order chi connectivity index (χ0) is 21.5. The van der Waals surface area contributed by atoms with Gasteiger partial charge in [-0.25, -0.2) is 4.98 Å². The number of halogens is 4. The van der Waals surface area contributed by atoms with Crippen LogP contribution < -0.4 is 4.90 Å². The molecule has 11 heteroatoms. The predicted octanol–water partition coefficient (Wildman–Crippen LogP) is 3.09. The van der Waals surface area contributed by atoms with Crippen LogP contribution in [0.4, 0.5) is 19.1 Å². The highest BCUT2D eigenvalue weighted by atomic mass is 35.5. The summed E-state index contributed by atoms with van der Waals surface area (Å²) >= 11 is 5.87. The van der Waals surface area contributed by atoms with Gasteiger partial charge in [0, 0.05) is 37.9 Å². The van der Waals surface area contributed by atoms with Gasteiger partial charge in [0.15, 0.2) is 0 Å². The van der Waals surface area contributed by atoms with Crippen molar-refractivity contribution < 1.29 is 18.0 Å². The standard InChI is InChI=1S/C19H18ClF3N6O/c1-12(20)16(30)27-7-9-28(10-8-27)18-25-17-24-6-5-15(29(17)26-18)13-3-2-4-14(11-13)19(21,22)23/h2-6,11-12H,7-10H2,1H3. The second-order valence-electron chi connectivity index (χ2n) is 6.96. The number of carbonyl (C=O) groups is 1. The molecule has 3 heterocycles. The van der Waals surface area contributed by atoms with E-state index >= 15 is 0 Å². The fourth-order valence-corrected chi connectivity index (χ4v) is 3.51. The van der Waals surface area contributed by atoms with Gasteiger partial charge in [-0.1, -0.05) is 12.1 Å². The van der Waals surface area contributed by atoms with Crippen LogP contribution in [0.1, 0.15) is 12.5 Å². The molecule has 1 fully saturated rings. The average Bonchev–Trinajstić information content (AvgIpc) is 3.17. The first-order valence-corrected chi connectivity index (χ1v) is 9.75. The first kappa shape index (κ1) is 20.4. The highest BCUT2D eigenvalue weighted by Gasteiger charge is 2.31. The fourth-order valence-electron chi connectivity index (χ4n) is 3.37. The number of amides is 1. The summed E-state index contributed by atoms with van der Waals surface area (Å²) in [5, 5.41) is 3.89. The minimum Gasteiger partial charge on any atom is -0.338 e. The number of carbonyl (C=O) groups excluding carboxylic acids is 1. The zero-order valence-electron chi connectivity index (χ0n) is 16.0. The molecule has 158 valence electrons. The van der Waals surface area contributed by atoms with Crippen LogP contribution in [0.2, 0.25) is 0 Å². The molecule has 0 N–H and O–H groups in total. The van der Waals surface area contributed by atoms with Crippen LogP contribution in [0.3, 0.4) is 0 Å². The van der Waals surface area contributed by atoms with Crippen LogP contribution in [0.15, 0.2) is 36.5 Å². The number of aromatic nitrogens is 4. The molecule has 2 aromatic heterocycles. The summed E-state index contributed by atoms with van der Waals surface area (Å²) in [5.41, 5.74) is 0.0782. The molecular weight excluding hydrogens is 421 g/mol. The second-order valence-corrected chi connectivity index (χ2v) is 7.62. The van der Waals surface area contributed by atoms with E-state index in [-0.39, 0.29) is 11.7 Å². The summed E-state index contributed by atoms with van der Waals surface area (Å²) in [5.74, 6) is 0.577. The summed E-state index contributed by atoms with van der Waals surface area (Å²) in [6.07, 6.45) is -2.95. The quantitative estimate of drug-likeness (QED) is 0.588. The summed E-state index contributed by atoms with van der Waals surface area (Å²) in [6.45, 7) is 3.65. The molecule has 1 aliphatic rings. The minimum absolute atomic E-state index is 0.118. The molecule has 0 bridgehead atoms. The number of rotatable bonds is 3. The summed E-state index contributed by atoms with van der Waals surface area (Å²) in [7, 11) is 0. The third-order valence-corrected chi connectivity index (χ3v) is 5.12. The van der Waals surface area contributed by atoms with Crippen LogP contribution in [-0.2, 0) is 11.0 Å². The number of anilines is 1. The number of hydrogen-bond acceptors (Lipinski definition) is 5. The van der Waals surface area contributed by atoms with Gasteiger partial charge in [0.25, 0.3) is 5.78 Å². The van der Waals surface area contributed by atoms with Crippen molar-refractivity contribution in [2.75, 3.05) is 31.1 Å². The third kappa shape index (κ3) is 3.91. The van der Waals surface area contributed by atoms with Crippen molar-refractivity contribution in [2.45, 2.75) is 18.5 Å². The molecule has 0 spiro atoms. The van der Waals surface area contributed by atoms with E-state index in [1.807, 2.05) is 4.90 Å². The highest BCUT2D eigenvalue weighted by molar-refractivity contribution is 6.30. The molecule has 1 saturated heterocycles. The molecule has 1 amide bonds. The van der Waals surface area contributed by atoms with Gasteiger partial charge >= 0.3 is 6.18 Å². The van der Waals surface area contributed by atoms with Gasteiger partial charge in [0.05, 0.1) is 11.3 Å². The molecule has 0 saturated carbocycles. The van der Waals surface area contributed by atoms with Crippen molar-refractivity contribution in [1.29, 1.82) is 0 Å². The maximum absolute atomic E-state index is 13.1. The number of benzene rings is 1. The van der Waals surface area contributed by atoms with E-state index in [9.17, 15) is 18.0 Å². The van der Waals surface area contributed by atoms with E-state index in [2.05, 4.69) is 15.1 Å². The number of alkyl halides is 4. The van der Waals surface area contributed by atoms with Crippen molar-refractivity contribution in [1.82, 2.24) is 24.5 Å². The van der Waals surface area contributed by atoms with E-state index in [1.165, 1.54) is 16.8 Å².